The molecule has 0 aliphatic heterocycles. The summed E-state index contributed by atoms with van der Waals surface area (Å²) in [6, 6.07) is 21.3. The number of nitrogens with zero attached hydrogens (tertiary/aromatic N) is 1. The molecule has 0 radical (unpaired) electrons. The summed E-state index contributed by atoms with van der Waals surface area (Å²) in [5.74, 6) is 1.83. The summed E-state index contributed by atoms with van der Waals surface area (Å²) in [6.45, 7) is 4.88. The fraction of sp³-hybridized carbons (Fsp3) is 0.231. The second kappa shape index (κ2) is 12.9. The molecule has 0 spiro atoms. The van der Waals surface area contributed by atoms with Gasteiger partial charge in [0.2, 0.25) is 5.91 Å². The third-order valence-electron chi connectivity index (χ3n) is 4.60. The molecular formula is C26H27ClN2O3S. The predicted molar refractivity (Wildman–Crippen MR) is 136 cm³/mol. The van der Waals surface area contributed by atoms with Crippen molar-refractivity contribution in [1.29, 1.82) is 0 Å². The van der Waals surface area contributed by atoms with Gasteiger partial charge in [-0.2, -0.15) is 5.10 Å². The Labute approximate surface area is 204 Å². The van der Waals surface area contributed by atoms with Gasteiger partial charge in [-0.1, -0.05) is 41.4 Å². The molecular weight excluding hydrogens is 456 g/mol. The molecule has 1 amide bonds. The Kier molecular flexibility index (Phi) is 9.66. The molecule has 0 heterocycles. The van der Waals surface area contributed by atoms with Gasteiger partial charge in [-0.3, -0.25) is 4.79 Å². The van der Waals surface area contributed by atoms with Crippen LogP contribution in [0.3, 0.4) is 0 Å². The van der Waals surface area contributed by atoms with E-state index in [0.717, 1.165) is 16.0 Å². The van der Waals surface area contributed by atoms with Crippen molar-refractivity contribution >= 4 is 35.5 Å². The van der Waals surface area contributed by atoms with E-state index in [1.165, 1.54) is 5.56 Å². The molecule has 5 nitrogen and oxygen atoms in total. The second-order valence-electron chi connectivity index (χ2n) is 7.26. The van der Waals surface area contributed by atoms with E-state index in [1.54, 1.807) is 18.0 Å². The monoisotopic (exact) mass is 482 g/mol. The van der Waals surface area contributed by atoms with Crippen molar-refractivity contribution in [3.8, 4) is 11.5 Å². The Balaban J connectivity index is 1.49. The number of aryl methyl sites for hydroxylation is 1. The molecule has 3 rings (SSSR count). The van der Waals surface area contributed by atoms with E-state index in [9.17, 15) is 4.79 Å². The molecule has 3 aromatic carbocycles. The molecule has 0 fully saturated rings. The SMILES string of the molecule is CCOc1cc(/C=N\NC(=O)CCSc2ccc(C)cc2)ccc1OCc1ccc(Cl)cc1. The summed E-state index contributed by atoms with van der Waals surface area (Å²) in [7, 11) is 0. The van der Waals surface area contributed by atoms with E-state index < -0.39 is 0 Å². The van der Waals surface area contributed by atoms with E-state index >= 15 is 0 Å². The Morgan fingerprint density at radius 1 is 1.03 bits per heavy atom. The largest absolute Gasteiger partial charge is 0.490 e. The number of hydrogen-bond donors (Lipinski definition) is 1. The summed E-state index contributed by atoms with van der Waals surface area (Å²) >= 11 is 7.58. The van der Waals surface area contributed by atoms with E-state index in [0.29, 0.717) is 41.9 Å². The van der Waals surface area contributed by atoms with Gasteiger partial charge in [-0.15, -0.1) is 11.8 Å². The summed E-state index contributed by atoms with van der Waals surface area (Å²) in [5, 5.41) is 4.76. The lowest BCUT2D eigenvalue weighted by Gasteiger charge is -2.12. The first-order valence-corrected chi connectivity index (χ1v) is 12.1. The number of nitrogens with one attached hydrogen (secondary N) is 1. The quantitative estimate of drug-likeness (QED) is 0.199. The predicted octanol–water partition coefficient (Wildman–Crippen LogP) is 6.26. The maximum atomic E-state index is 12.1. The first-order valence-electron chi connectivity index (χ1n) is 10.7. The highest BCUT2D eigenvalue weighted by atomic mass is 35.5. The van der Waals surface area contributed by atoms with Crippen LogP contribution in [0.15, 0.2) is 76.7 Å². The number of hydrazone groups is 1. The topological polar surface area (TPSA) is 59.9 Å². The van der Waals surface area contributed by atoms with Crippen molar-refractivity contribution in [2.45, 2.75) is 31.8 Å². The minimum atomic E-state index is -0.126. The zero-order valence-corrected chi connectivity index (χ0v) is 20.3. The second-order valence-corrected chi connectivity index (χ2v) is 8.86. The highest BCUT2D eigenvalue weighted by Gasteiger charge is 2.07. The Hall–Kier alpha value is -2.96. The maximum Gasteiger partial charge on any atom is 0.240 e. The van der Waals surface area contributed by atoms with Crippen LogP contribution in [0.25, 0.3) is 0 Å². The van der Waals surface area contributed by atoms with Gasteiger partial charge >= 0.3 is 0 Å². The zero-order valence-electron chi connectivity index (χ0n) is 18.7. The number of amides is 1. The van der Waals surface area contributed by atoms with Crippen LogP contribution >= 0.6 is 23.4 Å². The van der Waals surface area contributed by atoms with Crippen LogP contribution in [-0.2, 0) is 11.4 Å². The molecule has 1 N–H and O–H groups in total. The number of benzene rings is 3. The standard InChI is InChI=1S/C26H27ClN2O3S/c1-3-31-25-16-21(8-13-24(25)32-18-20-6-9-22(27)10-7-20)17-28-29-26(30)14-15-33-23-11-4-19(2)5-12-23/h4-13,16-17H,3,14-15,18H2,1-2H3,(H,29,30)/b28-17-. The van der Waals surface area contributed by atoms with Gasteiger partial charge in [-0.25, -0.2) is 5.43 Å². The van der Waals surface area contributed by atoms with Crippen molar-refractivity contribution in [3.05, 3.63) is 88.4 Å². The van der Waals surface area contributed by atoms with Crippen LogP contribution in [0.5, 0.6) is 11.5 Å². The third kappa shape index (κ3) is 8.48. The minimum Gasteiger partial charge on any atom is -0.490 e. The molecule has 3 aromatic rings. The minimum absolute atomic E-state index is 0.126. The first-order chi connectivity index (χ1) is 16.0. The highest BCUT2D eigenvalue weighted by Crippen LogP contribution is 2.29. The number of thioether (sulfide) groups is 1. The number of carbonyl (C=O) groups excluding carboxylic acids is 1. The molecule has 33 heavy (non-hydrogen) atoms. The van der Waals surface area contributed by atoms with Crippen LogP contribution in [0.1, 0.15) is 30.0 Å². The van der Waals surface area contributed by atoms with Gasteiger partial charge in [0, 0.05) is 22.1 Å². The van der Waals surface area contributed by atoms with Gasteiger partial charge in [-0.05, 0) is 67.4 Å². The smallest absolute Gasteiger partial charge is 0.240 e. The zero-order chi connectivity index (χ0) is 23.5. The number of ether oxygens (including phenoxy) is 2. The lowest BCUT2D eigenvalue weighted by atomic mass is 10.2. The van der Waals surface area contributed by atoms with Gasteiger partial charge in [0.05, 0.1) is 12.8 Å². The van der Waals surface area contributed by atoms with E-state index in [4.69, 9.17) is 21.1 Å². The molecule has 7 heteroatoms. The Morgan fingerprint density at radius 3 is 2.52 bits per heavy atom. The van der Waals surface area contributed by atoms with Crippen molar-refractivity contribution in [2.24, 2.45) is 5.10 Å². The van der Waals surface area contributed by atoms with Gasteiger partial charge < -0.3 is 9.47 Å². The maximum absolute atomic E-state index is 12.1. The third-order valence-corrected chi connectivity index (χ3v) is 5.86. The van der Waals surface area contributed by atoms with Crippen molar-refractivity contribution in [3.63, 3.8) is 0 Å². The Morgan fingerprint density at radius 2 is 1.79 bits per heavy atom. The van der Waals surface area contributed by atoms with Crippen LogP contribution in [0.4, 0.5) is 0 Å². The van der Waals surface area contributed by atoms with Crippen LogP contribution in [0.2, 0.25) is 5.02 Å². The van der Waals surface area contributed by atoms with E-state index in [-0.39, 0.29) is 5.91 Å². The fourth-order valence-electron chi connectivity index (χ4n) is 2.87. The summed E-state index contributed by atoms with van der Waals surface area (Å²) in [5.41, 5.74) is 5.61. The van der Waals surface area contributed by atoms with Crippen molar-refractivity contribution < 1.29 is 14.3 Å². The normalized spacial score (nSPS) is 10.9. The molecule has 0 aliphatic carbocycles. The van der Waals surface area contributed by atoms with E-state index in [2.05, 4.69) is 41.7 Å². The van der Waals surface area contributed by atoms with E-state index in [1.807, 2.05) is 49.4 Å². The van der Waals surface area contributed by atoms with Gasteiger partial charge in [0.15, 0.2) is 11.5 Å². The highest BCUT2D eigenvalue weighted by molar-refractivity contribution is 7.99. The fourth-order valence-corrected chi connectivity index (χ4v) is 3.84. The number of carbonyl (C=O) groups is 1. The summed E-state index contributed by atoms with van der Waals surface area (Å²) < 4.78 is 11.6. The van der Waals surface area contributed by atoms with Gasteiger partial charge in [0.1, 0.15) is 6.61 Å². The molecule has 0 saturated carbocycles. The van der Waals surface area contributed by atoms with Crippen LogP contribution in [0, 0.1) is 6.92 Å². The van der Waals surface area contributed by atoms with Crippen molar-refractivity contribution in [1.82, 2.24) is 5.43 Å². The van der Waals surface area contributed by atoms with Crippen molar-refractivity contribution in [2.75, 3.05) is 12.4 Å². The molecule has 0 bridgehead atoms. The molecule has 172 valence electrons. The average Bonchev–Trinajstić information content (AvgIpc) is 2.81. The summed E-state index contributed by atoms with van der Waals surface area (Å²) in [6.07, 6.45) is 1.98. The number of hydrogen-bond acceptors (Lipinski definition) is 5. The lowest BCUT2D eigenvalue weighted by Crippen LogP contribution is -2.17. The average molecular weight is 483 g/mol. The van der Waals surface area contributed by atoms with Crippen LogP contribution < -0.4 is 14.9 Å². The van der Waals surface area contributed by atoms with Gasteiger partial charge in [0.25, 0.3) is 0 Å². The molecule has 0 unspecified atom stereocenters. The molecule has 0 aromatic heterocycles. The number of rotatable bonds is 11. The molecule has 0 saturated heterocycles. The molecule has 0 aliphatic rings. The molecule has 0 atom stereocenters. The number of halogens is 1. The first kappa shape index (κ1) is 24.7. The van der Waals surface area contributed by atoms with Crippen LogP contribution in [-0.4, -0.2) is 24.5 Å². The summed E-state index contributed by atoms with van der Waals surface area (Å²) in [4.78, 5) is 13.2. The Bertz CT molecular complexity index is 1070. The lowest BCUT2D eigenvalue weighted by molar-refractivity contribution is -0.120.